The van der Waals surface area contributed by atoms with Gasteiger partial charge in [-0.05, 0) is 32.3 Å². The van der Waals surface area contributed by atoms with Gasteiger partial charge in [0.2, 0.25) is 0 Å². The Bertz CT molecular complexity index is 350. The lowest BCUT2D eigenvalue weighted by Crippen LogP contribution is -2.11. The predicted molar refractivity (Wildman–Crippen MR) is 58.3 cm³/mol. The van der Waals surface area contributed by atoms with E-state index in [2.05, 4.69) is 10.8 Å². The average Bonchev–Trinajstić information content (AvgIpc) is 2.16. The van der Waals surface area contributed by atoms with Gasteiger partial charge in [-0.2, -0.15) is 0 Å². The Balaban J connectivity index is 3.03. The second-order valence-electron chi connectivity index (χ2n) is 3.41. The van der Waals surface area contributed by atoms with Crippen molar-refractivity contribution in [3.63, 3.8) is 0 Å². The van der Waals surface area contributed by atoms with Crippen LogP contribution in [-0.2, 0) is 6.54 Å². The highest BCUT2D eigenvalue weighted by Gasteiger charge is 2.04. The topological polar surface area (TPSA) is 12.5 Å². The summed E-state index contributed by atoms with van der Waals surface area (Å²) in [7, 11) is 5.70. The molecule has 0 saturated heterocycles. The highest BCUT2D eigenvalue weighted by molar-refractivity contribution is 5.43. The minimum absolute atomic E-state index is 0.832. The van der Waals surface area contributed by atoms with E-state index in [1.165, 1.54) is 0 Å². The SMILES string of the molecule is C#Cc1ccc(OC)c(CN(C)C)c1. The molecule has 0 radical (unpaired) electrons. The molecule has 1 aromatic rings. The van der Waals surface area contributed by atoms with Gasteiger partial charge in [-0.15, -0.1) is 6.42 Å². The average molecular weight is 189 g/mol. The molecule has 0 saturated carbocycles. The Labute approximate surface area is 85.5 Å². The van der Waals surface area contributed by atoms with Crippen LogP contribution >= 0.6 is 0 Å². The van der Waals surface area contributed by atoms with Crippen LogP contribution < -0.4 is 4.74 Å². The Morgan fingerprint density at radius 1 is 1.43 bits per heavy atom. The molecule has 0 N–H and O–H groups in total. The van der Waals surface area contributed by atoms with Crippen molar-refractivity contribution in [2.45, 2.75) is 6.54 Å². The number of ether oxygens (including phenoxy) is 1. The van der Waals surface area contributed by atoms with Crippen molar-refractivity contribution < 1.29 is 4.74 Å². The predicted octanol–water partition coefficient (Wildman–Crippen LogP) is 1.74. The maximum atomic E-state index is 5.34. The van der Waals surface area contributed by atoms with E-state index >= 15 is 0 Å². The third-order valence-electron chi connectivity index (χ3n) is 1.93. The fourth-order valence-electron chi connectivity index (χ4n) is 1.33. The summed E-state index contributed by atoms with van der Waals surface area (Å²) in [5, 5.41) is 0. The van der Waals surface area contributed by atoms with Gasteiger partial charge in [-0.25, -0.2) is 0 Å². The van der Waals surface area contributed by atoms with Gasteiger partial charge in [-0.1, -0.05) is 5.92 Å². The van der Waals surface area contributed by atoms with Crippen LogP contribution in [0.3, 0.4) is 0 Å². The van der Waals surface area contributed by atoms with E-state index in [9.17, 15) is 0 Å². The van der Waals surface area contributed by atoms with Gasteiger partial charge in [0.1, 0.15) is 5.75 Å². The first-order chi connectivity index (χ1) is 6.67. The monoisotopic (exact) mass is 189 g/mol. The van der Waals surface area contributed by atoms with Gasteiger partial charge in [0.15, 0.2) is 0 Å². The van der Waals surface area contributed by atoms with E-state index in [1.54, 1.807) is 7.11 Å². The molecule has 14 heavy (non-hydrogen) atoms. The highest BCUT2D eigenvalue weighted by Crippen LogP contribution is 2.20. The molecule has 0 aliphatic carbocycles. The lowest BCUT2D eigenvalue weighted by Gasteiger charge is -2.13. The summed E-state index contributed by atoms with van der Waals surface area (Å²) in [6.45, 7) is 0.832. The minimum Gasteiger partial charge on any atom is -0.496 e. The molecule has 0 aliphatic rings. The number of terminal acetylenes is 1. The summed E-state index contributed by atoms with van der Waals surface area (Å²) in [5.74, 6) is 3.50. The first-order valence-corrected chi connectivity index (χ1v) is 4.45. The zero-order valence-electron chi connectivity index (χ0n) is 8.87. The molecule has 0 amide bonds. The van der Waals surface area contributed by atoms with Gasteiger partial charge < -0.3 is 9.64 Å². The molecule has 0 fully saturated rings. The van der Waals surface area contributed by atoms with Gasteiger partial charge in [0.25, 0.3) is 0 Å². The molecule has 0 bridgehead atoms. The van der Waals surface area contributed by atoms with E-state index in [4.69, 9.17) is 11.2 Å². The normalized spacial score (nSPS) is 9.93. The molecular formula is C12H15NO. The Kier molecular flexibility index (Phi) is 3.55. The molecule has 0 aliphatic heterocycles. The molecule has 0 spiro atoms. The summed E-state index contributed by atoms with van der Waals surface area (Å²) >= 11 is 0. The van der Waals surface area contributed by atoms with Crippen LogP contribution in [0.1, 0.15) is 11.1 Å². The number of rotatable bonds is 3. The van der Waals surface area contributed by atoms with Crippen molar-refractivity contribution >= 4 is 0 Å². The summed E-state index contributed by atoms with van der Waals surface area (Å²) in [4.78, 5) is 2.08. The lowest BCUT2D eigenvalue weighted by atomic mass is 10.1. The van der Waals surface area contributed by atoms with Crippen LogP contribution in [0.4, 0.5) is 0 Å². The number of benzene rings is 1. The first-order valence-electron chi connectivity index (χ1n) is 4.45. The third-order valence-corrected chi connectivity index (χ3v) is 1.93. The highest BCUT2D eigenvalue weighted by atomic mass is 16.5. The summed E-state index contributed by atoms with van der Waals surface area (Å²) < 4.78 is 5.25. The van der Waals surface area contributed by atoms with Crippen LogP contribution in [0.15, 0.2) is 18.2 Å². The van der Waals surface area contributed by atoms with E-state index < -0.39 is 0 Å². The quantitative estimate of drug-likeness (QED) is 0.671. The standard InChI is InChI=1S/C12H15NO/c1-5-10-6-7-12(14-4)11(8-10)9-13(2)3/h1,6-8H,9H2,2-4H3. The Hall–Kier alpha value is -1.46. The zero-order chi connectivity index (χ0) is 10.6. The molecular weight excluding hydrogens is 174 g/mol. The second kappa shape index (κ2) is 4.69. The van der Waals surface area contributed by atoms with Crippen molar-refractivity contribution in [1.82, 2.24) is 4.90 Å². The van der Waals surface area contributed by atoms with Gasteiger partial charge in [0, 0.05) is 17.7 Å². The van der Waals surface area contributed by atoms with Crippen LogP contribution in [0, 0.1) is 12.3 Å². The first kappa shape index (κ1) is 10.6. The lowest BCUT2D eigenvalue weighted by molar-refractivity contribution is 0.372. The number of methoxy groups -OCH3 is 1. The molecule has 0 atom stereocenters. The molecule has 0 aromatic heterocycles. The fraction of sp³-hybridized carbons (Fsp3) is 0.333. The van der Waals surface area contributed by atoms with Crippen molar-refractivity contribution in [2.75, 3.05) is 21.2 Å². The fourth-order valence-corrected chi connectivity index (χ4v) is 1.33. The smallest absolute Gasteiger partial charge is 0.123 e. The van der Waals surface area contributed by atoms with Crippen LogP contribution in [0.2, 0.25) is 0 Å². The van der Waals surface area contributed by atoms with E-state index in [0.29, 0.717) is 0 Å². The summed E-state index contributed by atoms with van der Waals surface area (Å²) in [6.07, 6.45) is 5.34. The number of hydrogen-bond acceptors (Lipinski definition) is 2. The van der Waals surface area contributed by atoms with E-state index in [-0.39, 0.29) is 0 Å². The van der Waals surface area contributed by atoms with Crippen LogP contribution in [-0.4, -0.2) is 26.1 Å². The van der Waals surface area contributed by atoms with Crippen LogP contribution in [0.25, 0.3) is 0 Å². The minimum atomic E-state index is 0.832. The van der Waals surface area contributed by atoms with Gasteiger partial charge in [0.05, 0.1) is 7.11 Å². The van der Waals surface area contributed by atoms with E-state index in [1.807, 2.05) is 32.3 Å². The Morgan fingerprint density at radius 3 is 2.64 bits per heavy atom. The molecule has 2 nitrogen and oxygen atoms in total. The van der Waals surface area contributed by atoms with Crippen LogP contribution in [0.5, 0.6) is 5.75 Å². The Morgan fingerprint density at radius 2 is 2.14 bits per heavy atom. The van der Waals surface area contributed by atoms with E-state index in [0.717, 1.165) is 23.4 Å². The number of nitrogens with zero attached hydrogens (tertiary/aromatic N) is 1. The summed E-state index contributed by atoms with van der Waals surface area (Å²) in [6, 6.07) is 5.78. The number of hydrogen-bond donors (Lipinski definition) is 0. The second-order valence-corrected chi connectivity index (χ2v) is 3.41. The maximum absolute atomic E-state index is 5.34. The van der Waals surface area contributed by atoms with Gasteiger partial charge >= 0.3 is 0 Å². The molecule has 0 unspecified atom stereocenters. The van der Waals surface area contributed by atoms with Crippen molar-refractivity contribution in [2.24, 2.45) is 0 Å². The third kappa shape index (κ3) is 2.51. The van der Waals surface area contributed by atoms with Crippen molar-refractivity contribution in [1.29, 1.82) is 0 Å². The largest absolute Gasteiger partial charge is 0.496 e. The molecule has 74 valence electrons. The molecule has 1 rings (SSSR count). The van der Waals surface area contributed by atoms with Gasteiger partial charge in [-0.3, -0.25) is 0 Å². The molecule has 0 heterocycles. The van der Waals surface area contributed by atoms with Crippen molar-refractivity contribution in [3.05, 3.63) is 29.3 Å². The molecule has 2 heteroatoms. The van der Waals surface area contributed by atoms with Crippen molar-refractivity contribution in [3.8, 4) is 18.1 Å². The summed E-state index contributed by atoms with van der Waals surface area (Å²) in [5.41, 5.74) is 2.01. The zero-order valence-corrected chi connectivity index (χ0v) is 8.87. The maximum Gasteiger partial charge on any atom is 0.123 e. The molecule has 1 aromatic carbocycles.